The van der Waals surface area contributed by atoms with Crippen molar-refractivity contribution < 1.29 is 4.79 Å². The molecule has 0 aromatic heterocycles. The highest BCUT2D eigenvalue weighted by Crippen LogP contribution is 2.19. The lowest BCUT2D eigenvalue weighted by molar-refractivity contribution is -0.122. The number of amides is 1. The molecule has 1 amide bonds. The normalized spacial score (nSPS) is 14.1. The molecule has 4 heteroatoms. The molecular weight excluding hydrogens is 316 g/mol. The van der Waals surface area contributed by atoms with Crippen LogP contribution in [-0.4, -0.2) is 12.5 Å². The van der Waals surface area contributed by atoms with Crippen LogP contribution in [0.2, 0.25) is 0 Å². The Morgan fingerprint density at radius 3 is 2.60 bits per heavy atom. The number of hydrogen-bond acceptors (Lipinski definition) is 2. The van der Waals surface area contributed by atoms with Gasteiger partial charge in [-0.3, -0.25) is 4.79 Å². The summed E-state index contributed by atoms with van der Waals surface area (Å²) in [7, 11) is 0. The minimum absolute atomic E-state index is 0.0116. The summed E-state index contributed by atoms with van der Waals surface area (Å²) in [6.45, 7) is 6.88. The standard InChI is InChI=1S/C16H25BrN2O/c1-11(2)7-13(10-18)8-16(20)19-12(3)14-5-4-6-15(17)9-14/h4-6,9,11-13H,7-8,10,18H2,1-3H3,(H,19,20)/t12-,13+/m1/s1. The van der Waals surface area contributed by atoms with Gasteiger partial charge in [0.15, 0.2) is 0 Å². The minimum atomic E-state index is 0.0116. The third-order valence-corrected chi connectivity index (χ3v) is 3.83. The maximum Gasteiger partial charge on any atom is 0.220 e. The molecule has 1 rings (SSSR count). The van der Waals surface area contributed by atoms with Crippen molar-refractivity contribution in [1.29, 1.82) is 0 Å². The molecule has 3 nitrogen and oxygen atoms in total. The zero-order valence-corrected chi connectivity index (χ0v) is 14.1. The fourth-order valence-corrected chi connectivity index (χ4v) is 2.77. The van der Waals surface area contributed by atoms with Gasteiger partial charge in [-0.25, -0.2) is 0 Å². The largest absolute Gasteiger partial charge is 0.350 e. The smallest absolute Gasteiger partial charge is 0.220 e. The molecule has 0 heterocycles. The lowest BCUT2D eigenvalue weighted by atomic mass is 9.94. The first-order valence-corrected chi connectivity index (χ1v) is 7.96. The van der Waals surface area contributed by atoms with E-state index in [-0.39, 0.29) is 17.9 Å². The second-order valence-corrected chi connectivity index (χ2v) is 6.70. The van der Waals surface area contributed by atoms with Crippen LogP contribution >= 0.6 is 15.9 Å². The first-order valence-electron chi connectivity index (χ1n) is 7.17. The van der Waals surface area contributed by atoms with E-state index in [0.717, 1.165) is 16.5 Å². The van der Waals surface area contributed by atoms with Gasteiger partial charge in [-0.1, -0.05) is 41.9 Å². The molecule has 1 aromatic carbocycles. The van der Waals surface area contributed by atoms with E-state index in [1.165, 1.54) is 0 Å². The number of halogens is 1. The number of nitrogens with one attached hydrogen (secondary N) is 1. The van der Waals surface area contributed by atoms with Crippen LogP contribution in [0.4, 0.5) is 0 Å². The number of carbonyl (C=O) groups is 1. The monoisotopic (exact) mass is 340 g/mol. The van der Waals surface area contributed by atoms with Crippen LogP contribution in [0.3, 0.4) is 0 Å². The summed E-state index contributed by atoms with van der Waals surface area (Å²) in [5.74, 6) is 0.914. The van der Waals surface area contributed by atoms with Gasteiger partial charge in [0.2, 0.25) is 5.91 Å². The van der Waals surface area contributed by atoms with E-state index in [0.29, 0.717) is 18.9 Å². The van der Waals surface area contributed by atoms with Crippen LogP contribution < -0.4 is 11.1 Å². The molecule has 0 radical (unpaired) electrons. The summed E-state index contributed by atoms with van der Waals surface area (Å²) in [5.41, 5.74) is 6.84. The Morgan fingerprint density at radius 2 is 2.05 bits per heavy atom. The van der Waals surface area contributed by atoms with Gasteiger partial charge in [-0.15, -0.1) is 0 Å². The van der Waals surface area contributed by atoms with Crippen molar-refractivity contribution in [2.75, 3.05) is 6.54 Å². The van der Waals surface area contributed by atoms with Gasteiger partial charge in [0.1, 0.15) is 0 Å². The minimum Gasteiger partial charge on any atom is -0.350 e. The summed E-state index contributed by atoms with van der Waals surface area (Å²) >= 11 is 3.45. The molecule has 0 unspecified atom stereocenters. The van der Waals surface area contributed by atoms with Crippen LogP contribution in [-0.2, 0) is 4.79 Å². The van der Waals surface area contributed by atoms with Crippen LogP contribution in [0.15, 0.2) is 28.7 Å². The fraction of sp³-hybridized carbons (Fsp3) is 0.562. The number of benzene rings is 1. The van der Waals surface area contributed by atoms with Gasteiger partial charge in [0.25, 0.3) is 0 Å². The molecule has 3 N–H and O–H groups in total. The number of rotatable bonds is 7. The molecule has 0 spiro atoms. The van der Waals surface area contributed by atoms with E-state index >= 15 is 0 Å². The molecule has 20 heavy (non-hydrogen) atoms. The summed E-state index contributed by atoms with van der Waals surface area (Å²) in [6, 6.07) is 8.01. The highest BCUT2D eigenvalue weighted by Gasteiger charge is 2.16. The van der Waals surface area contributed by atoms with Crippen LogP contribution in [0, 0.1) is 11.8 Å². The lowest BCUT2D eigenvalue weighted by Gasteiger charge is -2.19. The summed E-state index contributed by atoms with van der Waals surface area (Å²) in [4.78, 5) is 12.1. The van der Waals surface area contributed by atoms with Crippen LogP contribution in [0.25, 0.3) is 0 Å². The van der Waals surface area contributed by atoms with Crippen LogP contribution in [0.5, 0.6) is 0 Å². The number of hydrogen-bond donors (Lipinski definition) is 2. The summed E-state index contributed by atoms with van der Waals surface area (Å²) < 4.78 is 1.02. The quantitative estimate of drug-likeness (QED) is 0.796. The molecule has 0 saturated heterocycles. The highest BCUT2D eigenvalue weighted by molar-refractivity contribution is 9.10. The second kappa shape index (κ2) is 8.42. The van der Waals surface area contributed by atoms with Gasteiger partial charge in [-0.2, -0.15) is 0 Å². The second-order valence-electron chi connectivity index (χ2n) is 5.78. The maximum atomic E-state index is 12.1. The summed E-state index contributed by atoms with van der Waals surface area (Å²) in [6.07, 6.45) is 1.50. The molecule has 0 saturated carbocycles. The Morgan fingerprint density at radius 1 is 1.35 bits per heavy atom. The van der Waals surface area contributed by atoms with Crippen LogP contribution in [0.1, 0.15) is 45.2 Å². The molecular formula is C16H25BrN2O. The molecule has 0 aliphatic carbocycles. The third kappa shape index (κ3) is 6.06. The average molecular weight is 341 g/mol. The van der Waals surface area contributed by atoms with Crippen molar-refractivity contribution in [3.05, 3.63) is 34.3 Å². The van der Waals surface area contributed by atoms with Crippen molar-refractivity contribution in [2.24, 2.45) is 17.6 Å². The van der Waals surface area contributed by atoms with Crippen molar-refractivity contribution in [3.8, 4) is 0 Å². The van der Waals surface area contributed by atoms with Gasteiger partial charge < -0.3 is 11.1 Å². The first-order chi connectivity index (χ1) is 9.42. The van der Waals surface area contributed by atoms with E-state index in [1.807, 2.05) is 31.2 Å². The first kappa shape index (κ1) is 17.2. The Hall–Kier alpha value is -0.870. The average Bonchev–Trinajstić information content (AvgIpc) is 2.37. The predicted octanol–water partition coefficient (Wildman–Crippen LogP) is 3.64. The van der Waals surface area contributed by atoms with E-state index in [2.05, 4.69) is 35.1 Å². The van der Waals surface area contributed by atoms with Gasteiger partial charge in [-0.05, 0) is 49.4 Å². The molecule has 0 aliphatic heterocycles. The van der Waals surface area contributed by atoms with Gasteiger partial charge >= 0.3 is 0 Å². The Bertz CT molecular complexity index is 434. The SMILES string of the molecule is CC(C)C[C@H](CN)CC(=O)N[C@H](C)c1cccc(Br)c1. The van der Waals surface area contributed by atoms with E-state index in [9.17, 15) is 4.79 Å². The Kier molecular flexibility index (Phi) is 7.24. The zero-order valence-electron chi connectivity index (χ0n) is 12.5. The van der Waals surface area contributed by atoms with Gasteiger partial charge in [0, 0.05) is 10.9 Å². The summed E-state index contributed by atoms with van der Waals surface area (Å²) in [5, 5.41) is 3.05. The van der Waals surface area contributed by atoms with Crippen molar-refractivity contribution >= 4 is 21.8 Å². The van der Waals surface area contributed by atoms with Crippen molar-refractivity contribution in [2.45, 2.75) is 39.7 Å². The van der Waals surface area contributed by atoms with E-state index in [4.69, 9.17) is 5.73 Å². The Labute approximate surface area is 130 Å². The highest BCUT2D eigenvalue weighted by atomic mass is 79.9. The maximum absolute atomic E-state index is 12.1. The molecule has 112 valence electrons. The fourth-order valence-electron chi connectivity index (χ4n) is 2.35. The molecule has 2 atom stereocenters. The number of nitrogens with two attached hydrogens (primary N) is 1. The van der Waals surface area contributed by atoms with Crippen molar-refractivity contribution in [1.82, 2.24) is 5.32 Å². The third-order valence-electron chi connectivity index (χ3n) is 3.34. The topological polar surface area (TPSA) is 55.1 Å². The zero-order chi connectivity index (χ0) is 15.1. The predicted molar refractivity (Wildman–Crippen MR) is 87.3 cm³/mol. The Balaban J connectivity index is 2.53. The molecule has 1 aromatic rings. The number of carbonyl (C=O) groups excluding carboxylic acids is 1. The molecule has 0 fully saturated rings. The van der Waals surface area contributed by atoms with E-state index in [1.54, 1.807) is 0 Å². The van der Waals surface area contributed by atoms with E-state index < -0.39 is 0 Å². The van der Waals surface area contributed by atoms with Crippen molar-refractivity contribution in [3.63, 3.8) is 0 Å². The van der Waals surface area contributed by atoms with Gasteiger partial charge in [0.05, 0.1) is 6.04 Å². The lowest BCUT2D eigenvalue weighted by Crippen LogP contribution is -2.30. The molecule has 0 bridgehead atoms. The molecule has 0 aliphatic rings.